The van der Waals surface area contributed by atoms with Crippen molar-refractivity contribution in [1.29, 1.82) is 0 Å². The summed E-state index contributed by atoms with van der Waals surface area (Å²) in [5.41, 5.74) is 2.16. The SMILES string of the molecule is C=CCCC1=C[C@@H](c2c(OC)ccc(OC)c2Br)O[Si](C(C)(C)C)(C(C)(C)C)OC1. The predicted molar refractivity (Wildman–Crippen MR) is 130 cm³/mol. The molecule has 1 aromatic rings. The molecule has 0 bridgehead atoms. The Morgan fingerprint density at radius 1 is 1.10 bits per heavy atom. The van der Waals surface area contributed by atoms with Gasteiger partial charge in [-0.3, -0.25) is 0 Å². The molecule has 1 aliphatic heterocycles. The van der Waals surface area contributed by atoms with E-state index in [1.54, 1.807) is 14.2 Å². The lowest BCUT2D eigenvalue weighted by atomic mass is 10.0. The van der Waals surface area contributed by atoms with Crippen molar-refractivity contribution in [2.24, 2.45) is 0 Å². The first-order valence-corrected chi connectivity index (χ1v) is 13.1. The fraction of sp³-hybridized carbons (Fsp3) is 0.583. The molecule has 1 atom stereocenters. The van der Waals surface area contributed by atoms with Crippen molar-refractivity contribution >= 4 is 24.5 Å². The molecule has 1 aliphatic rings. The van der Waals surface area contributed by atoms with Crippen LogP contribution in [-0.2, 0) is 8.85 Å². The lowest BCUT2D eigenvalue weighted by molar-refractivity contribution is 0.115. The van der Waals surface area contributed by atoms with E-state index in [1.165, 1.54) is 5.57 Å². The summed E-state index contributed by atoms with van der Waals surface area (Å²) in [4.78, 5) is 0. The molecular weight excluding hydrogens is 460 g/mol. The number of hydrogen-bond acceptors (Lipinski definition) is 4. The van der Waals surface area contributed by atoms with Crippen molar-refractivity contribution in [1.82, 2.24) is 0 Å². The van der Waals surface area contributed by atoms with Crippen LogP contribution in [0.25, 0.3) is 0 Å². The maximum atomic E-state index is 7.10. The Hall–Kier alpha value is -1.08. The van der Waals surface area contributed by atoms with E-state index in [2.05, 4.69) is 70.1 Å². The van der Waals surface area contributed by atoms with Crippen molar-refractivity contribution in [3.8, 4) is 11.5 Å². The highest BCUT2D eigenvalue weighted by Gasteiger charge is 2.60. The molecule has 1 aromatic carbocycles. The summed E-state index contributed by atoms with van der Waals surface area (Å²) in [5, 5.41) is -0.270. The predicted octanol–water partition coefficient (Wildman–Crippen LogP) is 7.49. The van der Waals surface area contributed by atoms with E-state index in [4.69, 9.17) is 18.3 Å². The highest BCUT2D eigenvalue weighted by Crippen LogP contribution is 2.56. The number of benzene rings is 1. The van der Waals surface area contributed by atoms with Gasteiger partial charge in [0, 0.05) is 15.6 Å². The Kier molecular flexibility index (Phi) is 8.05. The minimum atomic E-state index is -2.74. The Morgan fingerprint density at radius 2 is 1.67 bits per heavy atom. The van der Waals surface area contributed by atoms with Crippen LogP contribution >= 0.6 is 15.9 Å². The summed E-state index contributed by atoms with van der Waals surface area (Å²) >= 11 is 3.75. The molecule has 0 unspecified atom stereocenters. The summed E-state index contributed by atoms with van der Waals surface area (Å²) in [6.45, 7) is 17.8. The highest BCUT2D eigenvalue weighted by atomic mass is 79.9. The monoisotopic (exact) mass is 496 g/mol. The molecule has 168 valence electrons. The van der Waals surface area contributed by atoms with Crippen LogP contribution < -0.4 is 9.47 Å². The van der Waals surface area contributed by atoms with E-state index < -0.39 is 8.56 Å². The van der Waals surface area contributed by atoms with Crippen molar-refractivity contribution in [2.75, 3.05) is 20.8 Å². The second-order valence-electron chi connectivity index (χ2n) is 9.79. The molecule has 4 nitrogen and oxygen atoms in total. The summed E-state index contributed by atoms with van der Waals surface area (Å²) in [7, 11) is 0.610. The van der Waals surface area contributed by atoms with Gasteiger partial charge in [0.05, 0.1) is 31.4 Å². The molecule has 0 N–H and O–H groups in total. The summed E-state index contributed by atoms with van der Waals surface area (Å²) in [5.74, 6) is 1.51. The average molecular weight is 498 g/mol. The van der Waals surface area contributed by atoms with Gasteiger partial charge in [0.2, 0.25) is 0 Å². The van der Waals surface area contributed by atoms with Crippen LogP contribution in [0, 0.1) is 0 Å². The van der Waals surface area contributed by atoms with Crippen LogP contribution in [0.4, 0.5) is 0 Å². The minimum absolute atomic E-state index is 0.135. The van der Waals surface area contributed by atoms with Gasteiger partial charge in [0.1, 0.15) is 11.5 Å². The van der Waals surface area contributed by atoms with E-state index >= 15 is 0 Å². The molecule has 2 rings (SSSR count). The Labute approximate surface area is 192 Å². The molecule has 0 saturated heterocycles. The number of halogens is 1. The average Bonchev–Trinajstić information content (AvgIpc) is 2.86. The van der Waals surface area contributed by atoms with Crippen LogP contribution in [0.3, 0.4) is 0 Å². The second-order valence-corrected chi connectivity index (χ2v) is 15.3. The number of rotatable bonds is 6. The smallest absolute Gasteiger partial charge is 0.350 e. The van der Waals surface area contributed by atoms with Gasteiger partial charge in [-0.15, -0.1) is 6.58 Å². The maximum Gasteiger partial charge on any atom is 0.350 e. The van der Waals surface area contributed by atoms with Crippen molar-refractivity contribution in [3.05, 3.63) is 46.5 Å². The van der Waals surface area contributed by atoms with Gasteiger partial charge in [-0.2, -0.15) is 0 Å². The van der Waals surface area contributed by atoms with E-state index in [0.717, 1.165) is 34.4 Å². The first-order valence-electron chi connectivity index (χ1n) is 10.4. The zero-order chi connectivity index (χ0) is 22.7. The highest BCUT2D eigenvalue weighted by molar-refractivity contribution is 9.10. The van der Waals surface area contributed by atoms with Crippen LogP contribution in [0.2, 0.25) is 10.1 Å². The van der Waals surface area contributed by atoms with Gasteiger partial charge < -0.3 is 18.3 Å². The number of methoxy groups -OCH3 is 2. The zero-order valence-corrected chi connectivity index (χ0v) is 22.3. The number of ether oxygens (including phenoxy) is 2. The quantitative estimate of drug-likeness (QED) is 0.301. The molecule has 0 spiro atoms. The second kappa shape index (κ2) is 9.59. The lowest BCUT2D eigenvalue weighted by Crippen LogP contribution is -2.57. The van der Waals surface area contributed by atoms with Gasteiger partial charge in [0.15, 0.2) is 0 Å². The van der Waals surface area contributed by atoms with Gasteiger partial charge in [-0.05, 0) is 46.5 Å². The molecular formula is C24H37BrO4Si. The Morgan fingerprint density at radius 3 is 2.17 bits per heavy atom. The molecule has 0 amide bonds. The first kappa shape index (κ1) is 25.2. The zero-order valence-electron chi connectivity index (χ0n) is 19.7. The summed E-state index contributed by atoms with van der Waals surface area (Å²) in [6, 6.07) is 3.84. The first-order chi connectivity index (χ1) is 13.9. The molecule has 0 fully saturated rings. The molecule has 1 heterocycles. The number of hydrogen-bond donors (Lipinski definition) is 0. The molecule has 0 saturated carbocycles. The third-order valence-electron chi connectivity index (χ3n) is 5.61. The van der Waals surface area contributed by atoms with Crippen LogP contribution in [0.5, 0.6) is 11.5 Å². The van der Waals surface area contributed by atoms with E-state index in [0.29, 0.717) is 6.61 Å². The lowest BCUT2D eigenvalue weighted by Gasteiger charge is -2.49. The third-order valence-corrected chi connectivity index (χ3v) is 11.5. The third kappa shape index (κ3) is 4.87. The fourth-order valence-electron chi connectivity index (χ4n) is 4.36. The maximum absolute atomic E-state index is 7.10. The molecule has 6 heteroatoms. The molecule has 0 aromatic heterocycles. The van der Waals surface area contributed by atoms with Crippen LogP contribution in [-0.4, -0.2) is 29.4 Å². The van der Waals surface area contributed by atoms with Gasteiger partial charge in [0.25, 0.3) is 0 Å². The molecule has 0 radical (unpaired) electrons. The van der Waals surface area contributed by atoms with Gasteiger partial charge >= 0.3 is 8.56 Å². The summed E-state index contributed by atoms with van der Waals surface area (Å²) in [6.07, 6.45) is 5.64. The summed E-state index contributed by atoms with van der Waals surface area (Å²) < 4.78 is 26.0. The van der Waals surface area contributed by atoms with E-state index in [-0.39, 0.29) is 16.2 Å². The largest absolute Gasteiger partial charge is 0.496 e. The standard InChI is InChI=1S/C24H37BrO4Si/c1-10-11-12-17-15-20(21-18(26-8)13-14-19(27-9)22(21)25)29-30(28-16-17,23(2,3)4)24(5,6)7/h10,13-15,20H,1,11-12,16H2,2-9H3/t20-/m0/s1. The normalized spacial score (nSPS) is 19.6. The van der Waals surface area contributed by atoms with E-state index in [1.807, 2.05) is 18.2 Å². The van der Waals surface area contributed by atoms with Gasteiger partial charge in [-0.25, -0.2) is 0 Å². The van der Waals surface area contributed by atoms with Gasteiger partial charge in [-0.1, -0.05) is 53.7 Å². The van der Waals surface area contributed by atoms with Crippen LogP contribution in [0.15, 0.2) is 40.9 Å². The van der Waals surface area contributed by atoms with Crippen molar-refractivity contribution < 1.29 is 18.3 Å². The van der Waals surface area contributed by atoms with E-state index in [9.17, 15) is 0 Å². The fourth-order valence-corrected chi connectivity index (χ4v) is 9.89. The molecule has 0 aliphatic carbocycles. The Bertz CT molecular complexity index is 776. The van der Waals surface area contributed by atoms with Crippen LogP contribution in [0.1, 0.15) is 66.1 Å². The minimum Gasteiger partial charge on any atom is -0.496 e. The number of allylic oxidation sites excluding steroid dienone is 1. The van der Waals surface area contributed by atoms with Crippen molar-refractivity contribution in [2.45, 2.75) is 70.6 Å². The topological polar surface area (TPSA) is 36.9 Å². The Balaban J connectivity index is 2.73. The van der Waals surface area contributed by atoms with Crippen molar-refractivity contribution in [3.63, 3.8) is 0 Å². The molecule has 30 heavy (non-hydrogen) atoms.